The van der Waals surface area contributed by atoms with Crippen molar-refractivity contribution in [3.63, 3.8) is 0 Å². The summed E-state index contributed by atoms with van der Waals surface area (Å²) < 4.78 is 0. The van der Waals surface area contributed by atoms with E-state index in [1.807, 2.05) is 66.7 Å². The van der Waals surface area contributed by atoms with Crippen LogP contribution in [0.2, 0.25) is 5.02 Å². The number of halogens is 1. The van der Waals surface area contributed by atoms with Gasteiger partial charge in [-0.2, -0.15) is 0 Å². The van der Waals surface area contributed by atoms with Crippen LogP contribution in [0.5, 0.6) is 0 Å². The Labute approximate surface area is 155 Å². The number of H-pyrrole nitrogens is 1. The summed E-state index contributed by atoms with van der Waals surface area (Å²) in [6.45, 7) is 0. The highest BCUT2D eigenvalue weighted by atomic mass is 35.5. The van der Waals surface area contributed by atoms with Gasteiger partial charge >= 0.3 is 0 Å². The first-order valence-electron chi connectivity index (χ1n) is 8.39. The fraction of sp³-hybridized carbons (Fsp3) is 0. The number of rotatable bonds is 2. The highest BCUT2D eigenvalue weighted by Gasteiger charge is 2.15. The zero-order valence-electron chi connectivity index (χ0n) is 13.8. The molecule has 26 heavy (non-hydrogen) atoms. The van der Waals surface area contributed by atoms with Crippen LogP contribution < -0.4 is 0 Å². The molecule has 5 rings (SSSR count). The van der Waals surface area contributed by atoms with Crippen LogP contribution in [0.15, 0.2) is 78.9 Å². The third kappa shape index (κ3) is 2.45. The number of aromatic amines is 1. The Balaban J connectivity index is 1.90. The van der Waals surface area contributed by atoms with Gasteiger partial charge in [-0.3, -0.25) is 0 Å². The van der Waals surface area contributed by atoms with Crippen molar-refractivity contribution in [1.29, 1.82) is 0 Å². The van der Waals surface area contributed by atoms with E-state index in [-0.39, 0.29) is 0 Å². The van der Waals surface area contributed by atoms with Crippen molar-refractivity contribution in [3.05, 3.63) is 83.9 Å². The van der Waals surface area contributed by atoms with E-state index in [9.17, 15) is 0 Å². The molecule has 0 amide bonds. The Hall–Kier alpha value is -3.17. The van der Waals surface area contributed by atoms with Crippen LogP contribution in [0.25, 0.3) is 44.6 Å². The maximum atomic E-state index is 6.23. The number of hydrogen-bond acceptors (Lipinski definition) is 2. The molecule has 0 atom stereocenters. The SMILES string of the molecule is Clc1cccc(-c2nc(-c3ccccc3)nc3c2[nH]c2ccccc23)c1. The molecule has 0 spiro atoms. The van der Waals surface area contributed by atoms with E-state index in [4.69, 9.17) is 21.6 Å². The summed E-state index contributed by atoms with van der Waals surface area (Å²) in [6.07, 6.45) is 0. The van der Waals surface area contributed by atoms with E-state index in [1.54, 1.807) is 0 Å². The Morgan fingerprint density at radius 2 is 1.50 bits per heavy atom. The molecule has 4 heteroatoms. The van der Waals surface area contributed by atoms with Gasteiger partial charge < -0.3 is 4.98 Å². The van der Waals surface area contributed by atoms with Crippen molar-refractivity contribution in [2.45, 2.75) is 0 Å². The normalized spacial score (nSPS) is 11.3. The van der Waals surface area contributed by atoms with Crippen molar-refractivity contribution in [2.75, 3.05) is 0 Å². The zero-order valence-corrected chi connectivity index (χ0v) is 14.5. The summed E-state index contributed by atoms with van der Waals surface area (Å²) in [5.41, 5.74) is 5.70. The van der Waals surface area contributed by atoms with Crippen LogP contribution in [0.1, 0.15) is 0 Å². The Morgan fingerprint density at radius 3 is 2.35 bits per heavy atom. The quantitative estimate of drug-likeness (QED) is 0.415. The van der Waals surface area contributed by atoms with Gasteiger partial charge in [0.2, 0.25) is 0 Å². The largest absolute Gasteiger partial charge is 0.351 e. The Morgan fingerprint density at radius 1 is 0.731 bits per heavy atom. The van der Waals surface area contributed by atoms with Crippen molar-refractivity contribution >= 4 is 33.5 Å². The summed E-state index contributed by atoms with van der Waals surface area (Å²) >= 11 is 6.23. The molecule has 0 radical (unpaired) electrons. The first-order chi connectivity index (χ1) is 12.8. The van der Waals surface area contributed by atoms with E-state index >= 15 is 0 Å². The van der Waals surface area contributed by atoms with Gasteiger partial charge in [0, 0.05) is 27.1 Å². The minimum absolute atomic E-state index is 0.687. The average Bonchev–Trinajstić information content (AvgIpc) is 3.06. The van der Waals surface area contributed by atoms with Gasteiger partial charge in [0.05, 0.1) is 11.2 Å². The highest BCUT2D eigenvalue weighted by Crippen LogP contribution is 2.33. The van der Waals surface area contributed by atoms with Gasteiger partial charge in [0.15, 0.2) is 5.82 Å². The average molecular weight is 356 g/mol. The molecule has 2 heterocycles. The summed E-state index contributed by atoms with van der Waals surface area (Å²) in [4.78, 5) is 13.2. The second-order valence-corrected chi connectivity index (χ2v) is 6.60. The van der Waals surface area contributed by atoms with Crippen molar-refractivity contribution in [1.82, 2.24) is 15.0 Å². The van der Waals surface area contributed by atoms with Gasteiger partial charge in [-0.1, -0.05) is 72.3 Å². The first-order valence-corrected chi connectivity index (χ1v) is 8.77. The smallest absolute Gasteiger partial charge is 0.160 e. The van der Waals surface area contributed by atoms with E-state index in [2.05, 4.69) is 17.1 Å². The van der Waals surface area contributed by atoms with Crippen LogP contribution in [-0.2, 0) is 0 Å². The standard InChI is InChI=1S/C22H14ClN3/c23-16-10-6-9-15(13-16)19-21-20(17-11-4-5-12-18(17)24-21)26-22(25-19)14-7-2-1-3-8-14/h1-13,24H. The number of para-hydroxylation sites is 1. The fourth-order valence-electron chi connectivity index (χ4n) is 3.27. The van der Waals surface area contributed by atoms with Crippen LogP contribution in [-0.4, -0.2) is 15.0 Å². The van der Waals surface area contributed by atoms with Crippen molar-refractivity contribution in [2.24, 2.45) is 0 Å². The van der Waals surface area contributed by atoms with Gasteiger partial charge in [-0.05, 0) is 18.2 Å². The molecule has 5 aromatic rings. The summed E-state index contributed by atoms with van der Waals surface area (Å²) in [5, 5.41) is 1.77. The zero-order chi connectivity index (χ0) is 17.5. The summed E-state index contributed by atoms with van der Waals surface area (Å²) in [6, 6.07) is 26.0. The Kier molecular flexibility index (Phi) is 3.47. The molecule has 124 valence electrons. The number of hydrogen-bond donors (Lipinski definition) is 1. The lowest BCUT2D eigenvalue weighted by atomic mass is 10.1. The molecular formula is C22H14ClN3. The van der Waals surface area contributed by atoms with Gasteiger partial charge in [-0.15, -0.1) is 0 Å². The van der Waals surface area contributed by atoms with Crippen LogP contribution in [0.4, 0.5) is 0 Å². The van der Waals surface area contributed by atoms with Gasteiger partial charge in [0.1, 0.15) is 5.52 Å². The number of fused-ring (bicyclic) bond motifs is 3. The monoisotopic (exact) mass is 355 g/mol. The fourth-order valence-corrected chi connectivity index (χ4v) is 3.46. The second-order valence-electron chi connectivity index (χ2n) is 6.17. The molecule has 0 fully saturated rings. The number of benzene rings is 3. The Bertz CT molecular complexity index is 1240. The predicted octanol–water partition coefficient (Wildman–Crippen LogP) is 6.10. The minimum Gasteiger partial charge on any atom is -0.351 e. The molecular weight excluding hydrogens is 342 g/mol. The minimum atomic E-state index is 0.687. The molecule has 0 saturated heterocycles. The van der Waals surface area contributed by atoms with E-state index in [0.29, 0.717) is 10.8 Å². The van der Waals surface area contributed by atoms with Crippen LogP contribution >= 0.6 is 11.6 Å². The molecule has 0 bridgehead atoms. The molecule has 1 N–H and O–H groups in total. The molecule has 0 saturated carbocycles. The van der Waals surface area contributed by atoms with E-state index in [1.165, 1.54) is 0 Å². The predicted molar refractivity (Wildman–Crippen MR) is 107 cm³/mol. The van der Waals surface area contributed by atoms with Crippen molar-refractivity contribution < 1.29 is 0 Å². The molecule has 0 unspecified atom stereocenters. The van der Waals surface area contributed by atoms with Gasteiger partial charge in [-0.25, -0.2) is 9.97 Å². The van der Waals surface area contributed by atoms with Crippen LogP contribution in [0, 0.1) is 0 Å². The van der Waals surface area contributed by atoms with E-state index in [0.717, 1.165) is 38.8 Å². The van der Waals surface area contributed by atoms with Crippen molar-refractivity contribution in [3.8, 4) is 22.6 Å². The topological polar surface area (TPSA) is 41.6 Å². The maximum Gasteiger partial charge on any atom is 0.160 e. The molecule has 0 aliphatic carbocycles. The lowest BCUT2D eigenvalue weighted by Gasteiger charge is -2.07. The number of nitrogens with one attached hydrogen (secondary N) is 1. The lowest BCUT2D eigenvalue weighted by Crippen LogP contribution is -1.94. The number of aromatic nitrogens is 3. The number of nitrogens with zero attached hydrogens (tertiary/aromatic N) is 2. The van der Waals surface area contributed by atoms with Crippen LogP contribution in [0.3, 0.4) is 0 Å². The lowest BCUT2D eigenvalue weighted by molar-refractivity contribution is 1.23. The molecule has 0 aliphatic rings. The van der Waals surface area contributed by atoms with Gasteiger partial charge in [0.25, 0.3) is 0 Å². The maximum absolute atomic E-state index is 6.23. The second kappa shape index (κ2) is 5.97. The highest BCUT2D eigenvalue weighted by molar-refractivity contribution is 6.30. The van der Waals surface area contributed by atoms with E-state index < -0.39 is 0 Å². The summed E-state index contributed by atoms with van der Waals surface area (Å²) in [7, 11) is 0. The molecule has 3 aromatic carbocycles. The third-order valence-electron chi connectivity index (χ3n) is 4.48. The molecule has 0 aliphatic heterocycles. The third-order valence-corrected chi connectivity index (χ3v) is 4.72. The first kappa shape index (κ1) is 15.1. The summed E-state index contributed by atoms with van der Waals surface area (Å²) in [5.74, 6) is 0.706. The molecule has 2 aromatic heterocycles. The molecule has 3 nitrogen and oxygen atoms in total.